The van der Waals surface area contributed by atoms with Gasteiger partial charge in [-0.3, -0.25) is 9.48 Å². The summed E-state index contributed by atoms with van der Waals surface area (Å²) in [5, 5.41) is 4.20. The summed E-state index contributed by atoms with van der Waals surface area (Å²) in [5.74, 6) is 0.937. The Labute approximate surface area is 163 Å². The van der Waals surface area contributed by atoms with Crippen molar-refractivity contribution in [1.82, 2.24) is 9.78 Å². The van der Waals surface area contributed by atoms with Crippen LogP contribution in [0.25, 0.3) is 0 Å². The molecule has 6 heteroatoms. The third-order valence-electron chi connectivity index (χ3n) is 4.79. The van der Waals surface area contributed by atoms with E-state index in [-0.39, 0.29) is 11.9 Å². The Balaban J connectivity index is 1.66. The van der Waals surface area contributed by atoms with Gasteiger partial charge < -0.3 is 9.80 Å². The second-order valence-electron chi connectivity index (χ2n) is 6.70. The van der Waals surface area contributed by atoms with Crippen molar-refractivity contribution in [2.24, 2.45) is 7.05 Å². The molecule has 1 atom stereocenters. The van der Waals surface area contributed by atoms with E-state index in [1.165, 1.54) is 0 Å². The fourth-order valence-corrected chi connectivity index (χ4v) is 4.56. The van der Waals surface area contributed by atoms with Crippen molar-refractivity contribution in [2.75, 3.05) is 29.1 Å². The number of anilines is 2. The van der Waals surface area contributed by atoms with Gasteiger partial charge in [0.15, 0.2) is 0 Å². The zero-order chi connectivity index (χ0) is 18.8. The summed E-state index contributed by atoms with van der Waals surface area (Å²) in [5.41, 5.74) is 3.09. The van der Waals surface area contributed by atoms with Crippen molar-refractivity contribution in [3.8, 4) is 0 Å². The highest BCUT2D eigenvalue weighted by Crippen LogP contribution is 2.43. The van der Waals surface area contributed by atoms with Crippen LogP contribution in [0.15, 0.2) is 71.9 Å². The molecule has 0 radical (unpaired) electrons. The smallest absolute Gasteiger partial charge is 0.247 e. The van der Waals surface area contributed by atoms with Gasteiger partial charge in [0.05, 0.1) is 30.2 Å². The molecule has 0 aliphatic carbocycles. The first-order valence-corrected chi connectivity index (χ1v) is 9.90. The standard InChI is InChI=1S/C21H22N4OS/c1-23(17-12-22-24(2)13-17)14-21(26)25-18-10-6-7-11-20(18)27-15-19(25)16-8-4-3-5-9-16/h3-13,19H,14-15H2,1-2H3/t19-/m1/s1. The number of rotatable bonds is 4. The summed E-state index contributed by atoms with van der Waals surface area (Å²) in [6.45, 7) is 0.300. The van der Waals surface area contributed by atoms with Crippen molar-refractivity contribution < 1.29 is 4.79 Å². The average Bonchev–Trinajstić information content (AvgIpc) is 3.14. The molecule has 0 unspecified atom stereocenters. The van der Waals surface area contributed by atoms with Crippen LogP contribution in [0.1, 0.15) is 11.6 Å². The molecule has 0 fully saturated rings. The monoisotopic (exact) mass is 378 g/mol. The van der Waals surface area contributed by atoms with Crippen LogP contribution in [-0.4, -0.2) is 35.0 Å². The third kappa shape index (κ3) is 3.57. The Hall–Kier alpha value is -2.73. The third-order valence-corrected chi connectivity index (χ3v) is 5.93. The second-order valence-corrected chi connectivity index (χ2v) is 7.76. The molecule has 4 rings (SSSR count). The molecule has 138 valence electrons. The first-order chi connectivity index (χ1) is 13.1. The molecule has 0 saturated carbocycles. The van der Waals surface area contributed by atoms with E-state index < -0.39 is 0 Å². The average molecular weight is 379 g/mol. The van der Waals surface area contributed by atoms with E-state index in [0.29, 0.717) is 6.54 Å². The van der Waals surface area contributed by atoms with E-state index in [0.717, 1.165) is 27.6 Å². The number of likely N-dealkylation sites (N-methyl/N-ethyl adjacent to an activating group) is 1. The Bertz CT molecular complexity index is 940. The number of nitrogens with zero attached hydrogens (tertiary/aromatic N) is 4. The summed E-state index contributed by atoms with van der Waals surface area (Å²) >= 11 is 1.81. The predicted molar refractivity (Wildman–Crippen MR) is 110 cm³/mol. The normalized spacial score (nSPS) is 16.1. The minimum atomic E-state index is 0.0286. The number of benzene rings is 2. The van der Waals surface area contributed by atoms with Crippen molar-refractivity contribution >= 4 is 29.0 Å². The maximum atomic E-state index is 13.4. The lowest BCUT2D eigenvalue weighted by atomic mass is 10.1. The van der Waals surface area contributed by atoms with Gasteiger partial charge in [-0.05, 0) is 17.7 Å². The number of amides is 1. The van der Waals surface area contributed by atoms with Gasteiger partial charge in [0.1, 0.15) is 0 Å². The summed E-state index contributed by atoms with van der Waals surface area (Å²) < 4.78 is 1.75. The zero-order valence-electron chi connectivity index (χ0n) is 15.4. The van der Waals surface area contributed by atoms with Gasteiger partial charge in [0, 0.05) is 30.9 Å². The molecule has 0 bridgehead atoms. The van der Waals surface area contributed by atoms with Crippen LogP contribution in [0.3, 0.4) is 0 Å². The minimum Gasteiger partial charge on any atom is -0.363 e. The number of carbonyl (C=O) groups excluding carboxylic acids is 1. The quantitative estimate of drug-likeness (QED) is 0.694. The lowest BCUT2D eigenvalue weighted by Crippen LogP contribution is -2.43. The van der Waals surface area contributed by atoms with Crippen LogP contribution in [0.4, 0.5) is 11.4 Å². The largest absolute Gasteiger partial charge is 0.363 e. The molecule has 1 aliphatic rings. The number of fused-ring (bicyclic) bond motifs is 1. The van der Waals surface area contributed by atoms with Gasteiger partial charge in [-0.2, -0.15) is 5.10 Å². The number of aromatic nitrogens is 2. The zero-order valence-corrected chi connectivity index (χ0v) is 16.3. The highest BCUT2D eigenvalue weighted by Gasteiger charge is 2.32. The Morgan fingerprint density at radius 1 is 1.19 bits per heavy atom. The number of carbonyl (C=O) groups is 1. The van der Waals surface area contributed by atoms with Gasteiger partial charge in [-0.1, -0.05) is 42.5 Å². The molecule has 2 heterocycles. The van der Waals surface area contributed by atoms with Gasteiger partial charge in [0.25, 0.3) is 0 Å². The number of para-hydroxylation sites is 1. The van der Waals surface area contributed by atoms with Gasteiger partial charge in [-0.15, -0.1) is 11.8 Å². The van der Waals surface area contributed by atoms with Crippen LogP contribution in [-0.2, 0) is 11.8 Å². The van der Waals surface area contributed by atoms with E-state index in [4.69, 9.17) is 0 Å². The molecule has 2 aromatic carbocycles. The Morgan fingerprint density at radius 3 is 2.67 bits per heavy atom. The van der Waals surface area contributed by atoms with Crippen LogP contribution in [0, 0.1) is 0 Å². The highest BCUT2D eigenvalue weighted by atomic mass is 32.2. The molecule has 5 nitrogen and oxygen atoms in total. The summed E-state index contributed by atoms with van der Waals surface area (Å²) in [6.07, 6.45) is 3.70. The fourth-order valence-electron chi connectivity index (χ4n) is 3.39. The van der Waals surface area contributed by atoms with E-state index in [1.807, 2.05) is 78.3 Å². The SMILES string of the molecule is CN(CC(=O)N1c2ccccc2SC[C@@H]1c1ccccc1)c1cnn(C)c1. The van der Waals surface area contributed by atoms with Crippen LogP contribution < -0.4 is 9.80 Å². The molecular weight excluding hydrogens is 356 g/mol. The number of aryl methyl sites for hydroxylation is 1. The molecule has 0 N–H and O–H groups in total. The molecule has 1 aromatic heterocycles. The van der Waals surface area contributed by atoms with Crippen molar-refractivity contribution in [1.29, 1.82) is 0 Å². The molecule has 1 aliphatic heterocycles. The van der Waals surface area contributed by atoms with Crippen molar-refractivity contribution in [3.63, 3.8) is 0 Å². The first kappa shape index (κ1) is 17.7. The summed E-state index contributed by atoms with van der Waals surface area (Å²) in [4.78, 5) is 18.5. The minimum absolute atomic E-state index is 0.0286. The lowest BCUT2D eigenvalue weighted by molar-refractivity contribution is -0.117. The molecule has 0 saturated heterocycles. The molecular formula is C21H22N4OS. The molecule has 0 spiro atoms. The first-order valence-electron chi connectivity index (χ1n) is 8.92. The molecule has 27 heavy (non-hydrogen) atoms. The van der Waals surface area contributed by atoms with Gasteiger partial charge in [-0.25, -0.2) is 0 Å². The summed E-state index contributed by atoms with van der Waals surface area (Å²) in [7, 11) is 3.81. The maximum Gasteiger partial charge on any atom is 0.247 e. The Kier molecular flexibility index (Phi) is 4.90. The van der Waals surface area contributed by atoms with Crippen molar-refractivity contribution in [3.05, 3.63) is 72.6 Å². The Morgan fingerprint density at radius 2 is 1.93 bits per heavy atom. The lowest BCUT2D eigenvalue weighted by Gasteiger charge is -2.38. The maximum absolute atomic E-state index is 13.4. The van der Waals surface area contributed by atoms with Gasteiger partial charge >= 0.3 is 0 Å². The van der Waals surface area contributed by atoms with Gasteiger partial charge in [0.2, 0.25) is 5.91 Å². The molecule has 1 amide bonds. The van der Waals surface area contributed by atoms with E-state index in [1.54, 1.807) is 10.9 Å². The highest BCUT2D eigenvalue weighted by molar-refractivity contribution is 7.99. The van der Waals surface area contributed by atoms with Crippen molar-refractivity contribution in [2.45, 2.75) is 10.9 Å². The van der Waals surface area contributed by atoms with E-state index >= 15 is 0 Å². The van der Waals surface area contributed by atoms with E-state index in [9.17, 15) is 4.79 Å². The summed E-state index contributed by atoms with van der Waals surface area (Å²) in [6, 6.07) is 18.5. The number of hydrogen-bond acceptors (Lipinski definition) is 4. The van der Waals surface area contributed by atoms with Crippen LogP contribution >= 0.6 is 11.8 Å². The second kappa shape index (κ2) is 7.48. The van der Waals surface area contributed by atoms with Crippen LogP contribution in [0.2, 0.25) is 0 Å². The fraction of sp³-hybridized carbons (Fsp3) is 0.238. The number of thioether (sulfide) groups is 1. The van der Waals surface area contributed by atoms with E-state index in [2.05, 4.69) is 23.3 Å². The number of hydrogen-bond donors (Lipinski definition) is 0. The molecule has 3 aromatic rings. The topological polar surface area (TPSA) is 41.4 Å². The van der Waals surface area contributed by atoms with Crippen LogP contribution in [0.5, 0.6) is 0 Å². The predicted octanol–water partition coefficient (Wildman–Crippen LogP) is 3.74.